The van der Waals surface area contributed by atoms with Crippen molar-refractivity contribution in [2.24, 2.45) is 17.3 Å². The van der Waals surface area contributed by atoms with Crippen LogP contribution in [-0.2, 0) is 23.0 Å². The Bertz CT molecular complexity index is 1230. The van der Waals surface area contributed by atoms with Gasteiger partial charge in [0.2, 0.25) is 0 Å². The van der Waals surface area contributed by atoms with E-state index in [9.17, 15) is 5.11 Å². The zero-order valence-electron chi connectivity index (χ0n) is 22.1. The summed E-state index contributed by atoms with van der Waals surface area (Å²) >= 11 is 0. The number of aliphatic hydroxyl groups excluding tert-OH is 1. The van der Waals surface area contributed by atoms with Gasteiger partial charge in [0, 0.05) is 42.0 Å². The normalized spacial score (nSPS) is 39.7. The van der Waals surface area contributed by atoms with Crippen LogP contribution in [0.1, 0.15) is 55.2 Å². The molecule has 0 unspecified atom stereocenters. The van der Waals surface area contributed by atoms with Crippen LogP contribution in [0.3, 0.4) is 0 Å². The van der Waals surface area contributed by atoms with Gasteiger partial charge in [0.15, 0.2) is 11.5 Å². The molecular formula is C32H39NO4. The lowest BCUT2D eigenvalue weighted by molar-refractivity contribution is -0.290. The highest BCUT2D eigenvalue weighted by Crippen LogP contribution is 2.77. The molecule has 2 aliphatic heterocycles. The van der Waals surface area contributed by atoms with Crippen LogP contribution in [0.5, 0.6) is 11.5 Å². The van der Waals surface area contributed by atoms with Crippen LogP contribution in [-0.4, -0.2) is 61.2 Å². The van der Waals surface area contributed by atoms with E-state index < -0.39 is 11.7 Å². The minimum absolute atomic E-state index is 0.0369. The van der Waals surface area contributed by atoms with Crippen molar-refractivity contribution in [1.82, 2.24) is 4.90 Å². The first kappa shape index (κ1) is 22.9. The Morgan fingerprint density at radius 3 is 2.68 bits per heavy atom. The molecule has 5 nitrogen and oxygen atoms in total. The maximum Gasteiger partial charge on any atom is 0.165 e. The quantitative estimate of drug-likeness (QED) is 0.605. The summed E-state index contributed by atoms with van der Waals surface area (Å²) in [6.45, 7) is 2.37. The summed E-state index contributed by atoms with van der Waals surface area (Å²) in [6, 6.07) is 15.4. The number of benzene rings is 2. The number of ether oxygens (including phenoxy) is 3. The van der Waals surface area contributed by atoms with Gasteiger partial charge in [-0.15, -0.1) is 0 Å². The van der Waals surface area contributed by atoms with Crippen LogP contribution in [0.4, 0.5) is 0 Å². The van der Waals surface area contributed by atoms with E-state index in [2.05, 4.69) is 41.3 Å². The molecule has 7 atom stereocenters. The largest absolute Gasteiger partial charge is 0.493 e. The van der Waals surface area contributed by atoms with Gasteiger partial charge >= 0.3 is 0 Å². The monoisotopic (exact) mass is 501 g/mol. The Morgan fingerprint density at radius 1 is 1.08 bits per heavy atom. The van der Waals surface area contributed by atoms with Gasteiger partial charge in [-0.2, -0.15) is 0 Å². The SMILES string of the molecule is COc1ccc2c3c1O[C@H]1[C@@]4(OC)CC[C@@]5(C[C@@H]4[C@@H](O)Cc4ccccc4)[C@@H](C2)N(CC2CC2)CC[C@]315. The van der Waals surface area contributed by atoms with Gasteiger partial charge in [-0.3, -0.25) is 4.90 Å². The molecule has 4 saturated carbocycles. The number of piperidine rings is 1. The van der Waals surface area contributed by atoms with Crippen molar-refractivity contribution < 1.29 is 19.3 Å². The van der Waals surface area contributed by atoms with Crippen LogP contribution in [0.25, 0.3) is 0 Å². The van der Waals surface area contributed by atoms with Gasteiger partial charge < -0.3 is 19.3 Å². The molecular weight excluding hydrogens is 462 g/mol. The number of hydrogen-bond acceptors (Lipinski definition) is 5. The second-order valence-corrected chi connectivity index (χ2v) is 12.9. The van der Waals surface area contributed by atoms with Crippen molar-refractivity contribution >= 4 is 0 Å². The van der Waals surface area contributed by atoms with E-state index in [-0.39, 0.29) is 22.9 Å². The van der Waals surface area contributed by atoms with E-state index in [0.717, 1.165) is 56.1 Å². The molecule has 0 amide bonds. The average molecular weight is 502 g/mol. The van der Waals surface area contributed by atoms with Gasteiger partial charge in [0.25, 0.3) is 0 Å². The van der Waals surface area contributed by atoms with Crippen LogP contribution in [0.15, 0.2) is 42.5 Å². The van der Waals surface area contributed by atoms with E-state index in [1.807, 2.05) is 13.2 Å². The number of aliphatic hydroxyl groups is 1. The first-order valence-electron chi connectivity index (χ1n) is 14.4. The van der Waals surface area contributed by atoms with Crippen LogP contribution in [0, 0.1) is 17.3 Å². The molecule has 2 aromatic rings. The third kappa shape index (κ3) is 2.76. The number of fused-ring (bicyclic) bond motifs is 2. The second kappa shape index (κ2) is 7.74. The molecule has 9 rings (SSSR count). The summed E-state index contributed by atoms with van der Waals surface area (Å²) < 4.78 is 19.6. The third-order valence-electron chi connectivity index (χ3n) is 11.7. The standard InChI is InChI=1S/C32H39NO4/c1-35-25-11-10-22-17-26-30-12-13-32(36-2,23(18-30)24(34)16-20-6-4-3-5-7-20)29-31(30,27(22)28(25)37-29)14-15-33(26)19-21-8-9-21/h3-7,10-11,21,23-24,26,29,34H,8-9,12-19H2,1-2H3/t23-,24+,26-,29-,30-,31+,32-/m1/s1. The van der Waals surface area contributed by atoms with Gasteiger partial charge in [-0.05, 0) is 81.0 Å². The number of rotatable bonds is 7. The summed E-state index contributed by atoms with van der Waals surface area (Å²) in [6.07, 6.45) is 8.18. The first-order valence-corrected chi connectivity index (χ1v) is 14.4. The fourth-order valence-corrected chi connectivity index (χ4v) is 10.1. The van der Waals surface area contributed by atoms with Gasteiger partial charge in [-0.1, -0.05) is 36.4 Å². The van der Waals surface area contributed by atoms with Crippen molar-refractivity contribution in [2.75, 3.05) is 27.3 Å². The Labute approximate surface area is 220 Å². The van der Waals surface area contributed by atoms with E-state index >= 15 is 0 Å². The zero-order chi connectivity index (χ0) is 25.0. The maximum absolute atomic E-state index is 11.9. The van der Waals surface area contributed by atoms with Crippen molar-refractivity contribution in [2.45, 2.75) is 80.6 Å². The fraction of sp³-hybridized carbons (Fsp3) is 0.625. The Kier molecular flexibility index (Phi) is 4.78. The topological polar surface area (TPSA) is 51.2 Å². The first-order chi connectivity index (χ1) is 18.1. The molecule has 5 heteroatoms. The van der Waals surface area contributed by atoms with Gasteiger partial charge in [0.1, 0.15) is 11.7 Å². The highest BCUT2D eigenvalue weighted by atomic mass is 16.6. The number of nitrogens with zero attached hydrogens (tertiary/aromatic N) is 1. The van der Waals surface area contributed by atoms with Crippen LogP contribution in [0.2, 0.25) is 0 Å². The molecule has 5 fully saturated rings. The molecule has 196 valence electrons. The highest BCUT2D eigenvalue weighted by molar-refractivity contribution is 5.63. The Hall–Kier alpha value is -2.08. The smallest absolute Gasteiger partial charge is 0.165 e. The van der Waals surface area contributed by atoms with E-state index in [4.69, 9.17) is 14.2 Å². The summed E-state index contributed by atoms with van der Waals surface area (Å²) in [4.78, 5) is 2.86. The van der Waals surface area contributed by atoms with E-state index in [1.54, 1.807) is 7.11 Å². The Balaban J connectivity index is 1.29. The molecule has 2 heterocycles. The zero-order valence-corrected chi connectivity index (χ0v) is 22.1. The number of hydrogen-bond donors (Lipinski definition) is 1. The lowest BCUT2D eigenvalue weighted by Crippen LogP contribution is -2.82. The van der Waals surface area contributed by atoms with Crippen molar-refractivity contribution in [3.05, 3.63) is 59.2 Å². The van der Waals surface area contributed by atoms with Gasteiger partial charge in [0.05, 0.1) is 13.2 Å². The number of likely N-dealkylation sites (tertiary alicyclic amines) is 1. The molecule has 37 heavy (non-hydrogen) atoms. The van der Waals surface area contributed by atoms with Crippen molar-refractivity contribution in [3.8, 4) is 11.5 Å². The van der Waals surface area contributed by atoms with E-state index in [1.165, 1.54) is 36.1 Å². The Morgan fingerprint density at radius 2 is 1.92 bits per heavy atom. The lowest BCUT2D eigenvalue weighted by atomic mass is 9.34. The molecule has 2 spiro atoms. The van der Waals surface area contributed by atoms with Crippen molar-refractivity contribution in [1.29, 1.82) is 0 Å². The van der Waals surface area contributed by atoms with Crippen LogP contribution >= 0.6 is 0 Å². The summed E-state index contributed by atoms with van der Waals surface area (Å²) in [7, 11) is 3.62. The molecule has 0 radical (unpaired) electrons. The predicted octanol–water partition coefficient (Wildman–Crippen LogP) is 4.52. The maximum atomic E-state index is 11.9. The second-order valence-electron chi connectivity index (χ2n) is 12.9. The highest BCUT2D eigenvalue weighted by Gasteiger charge is 2.81. The molecule has 0 aromatic heterocycles. The predicted molar refractivity (Wildman–Crippen MR) is 141 cm³/mol. The summed E-state index contributed by atoms with van der Waals surface area (Å²) in [5.74, 6) is 2.72. The summed E-state index contributed by atoms with van der Waals surface area (Å²) in [5, 5.41) is 11.9. The minimum atomic E-state index is -0.502. The molecule has 7 aliphatic rings. The molecule has 5 aliphatic carbocycles. The molecule has 1 saturated heterocycles. The van der Waals surface area contributed by atoms with Gasteiger partial charge in [-0.25, -0.2) is 0 Å². The molecule has 4 bridgehead atoms. The molecule has 1 N–H and O–H groups in total. The lowest BCUT2D eigenvalue weighted by Gasteiger charge is -2.74. The fourth-order valence-electron chi connectivity index (χ4n) is 10.1. The third-order valence-corrected chi connectivity index (χ3v) is 11.7. The number of methoxy groups -OCH3 is 2. The van der Waals surface area contributed by atoms with E-state index in [0.29, 0.717) is 12.5 Å². The van der Waals surface area contributed by atoms with Crippen molar-refractivity contribution in [3.63, 3.8) is 0 Å². The van der Waals surface area contributed by atoms with Crippen LogP contribution < -0.4 is 9.47 Å². The molecule has 2 aromatic carbocycles. The minimum Gasteiger partial charge on any atom is -0.493 e. The summed E-state index contributed by atoms with van der Waals surface area (Å²) in [5.41, 5.74) is 3.60. The average Bonchev–Trinajstić information content (AvgIpc) is 3.67.